The van der Waals surface area contributed by atoms with Gasteiger partial charge in [-0.05, 0) is 12.8 Å². The molecule has 1 aliphatic rings. The van der Waals surface area contributed by atoms with Gasteiger partial charge >= 0.3 is 5.97 Å². The number of nitrogens with one attached hydrogen (secondary N) is 1. The average molecular weight is 214 g/mol. The zero-order chi connectivity index (χ0) is 11.4. The van der Waals surface area contributed by atoms with Gasteiger partial charge in [0.15, 0.2) is 0 Å². The molecule has 0 saturated heterocycles. The Hall–Kier alpha value is -1.59. The first kappa shape index (κ1) is 11.5. The predicted octanol–water partition coefficient (Wildman–Crippen LogP) is -0.911. The second-order valence-corrected chi connectivity index (χ2v) is 3.65. The van der Waals surface area contributed by atoms with Crippen molar-refractivity contribution < 1.29 is 19.5 Å². The minimum absolute atomic E-state index is 0.229. The van der Waals surface area contributed by atoms with Gasteiger partial charge in [-0.25, -0.2) is 0 Å². The molecule has 15 heavy (non-hydrogen) atoms. The van der Waals surface area contributed by atoms with Crippen LogP contribution in [0.2, 0.25) is 0 Å². The smallest absolute Gasteiger partial charge is 0.307 e. The van der Waals surface area contributed by atoms with Crippen molar-refractivity contribution in [3.8, 4) is 0 Å². The summed E-state index contributed by atoms with van der Waals surface area (Å²) in [5.41, 5.74) is 4.91. The Morgan fingerprint density at radius 3 is 2.47 bits per heavy atom. The SMILES string of the molecule is NC(=O)CCCNC(=O)[C@@H]1C[C@@H]1C(=O)O. The molecule has 1 rings (SSSR count). The molecule has 1 saturated carbocycles. The largest absolute Gasteiger partial charge is 0.481 e. The molecule has 2 atom stereocenters. The highest BCUT2D eigenvalue weighted by Crippen LogP contribution is 2.38. The van der Waals surface area contributed by atoms with Gasteiger partial charge in [0, 0.05) is 13.0 Å². The summed E-state index contributed by atoms with van der Waals surface area (Å²) < 4.78 is 0. The number of rotatable bonds is 6. The number of carboxylic acids is 1. The van der Waals surface area contributed by atoms with Crippen molar-refractivity contribution in [2.45, 2.75) is 19.3 Å². The summed E-state index contributed by atoms with van der Waals surface area (Å²) in [7, 11) is 0. The number of hydrogen-bond acceptors (Lipinski definition) is 3. The standard InChI is InChI=1S/C9H14N2O4/c10-7(12)2-1-3-11-8(13)5-4-6(5)9(14)15/h5-6H,1-4H2,(H2,10,12)(H,11,13)(H,14,15)/t5-,6+/m1/s1. The Morgan fingerprint density at radius 1 is 1.33 bits per heavy atom. The molecule has 0 spiro atoms. The van der Waals surface area contributed by atoms with Crippen LogP contribution in [0.15, 0.2) is 0 Å². The van der Waals surface area contributed by atoms with Crippen LogP contribution in [0.3, 0.4) is 0 Å². The lowest BCUT2D eigenvalue weighted by atomic mass is 10.2. The van der Waals surface area contributed by atoms with Crippen LogP contribution in [0.25, 0.3) is 0 Å². The Balaban J connectivity index is 2.10. The molecule has 4 N–H and O–H groups in total. The number of hydrogen-bond donors (Lipinski definition) is 3. The fraction of sp³-hybridized carbons (Fsp3) is 0.667. The zero-order valence-corrected chi connectivity index (χ0v) is 8.23. The first-order valence-corrected chi connectivity index (χ1v) is 4.81. The van der Waals surface area contributed by atoms with E-state index in [1.165, 1.54) is 0 Å². The summed E-state index contributed by atoms with van der Waals surface area (Å²) in [6, 6.07) is 0. The molecule has 6 nitrogen and oxygen atoms in total. The maximum Gasteiger partial charge on any atom is 0.307 e. The lowest BCUT2D eigenvalue weighted by Gasteiger charge is -2.02. The molecule has 0 bridgehead atoms. The van der Waals surface area contributed by atoms with Gasteiger partial charge in [0.05, 0.1) is 11.8 Å². The van der Waals surface area contributed by atoms with Crippen LogP contribution in [-0.2, 0) is 14.4 Å². The molecule has 6 heteroatoms. The normalized spacial score (nSPS) is 23.2. The number of nitrogens with two attached hydrogens (primary N) is 1. The van der Waals surface area contributed by atoms with E-state index in [0.29, 0.717) is 19.4 Å². The first-order chi connectivity index (χ1) is 7.02. The minimum Gasteiger partial charge on any atom is -0.481 e. The van der Waals surface area contributed by atoms with Gasteiger partial charge in [0.1, 0.15) is 0 Å². The van der Waals surface area contributed by atoms with Gasteiger partial charge in [0.25, 0.3) is 0 Å². The molecule has 0 aromatic heterocycles. The highest BCUT2D eigenvalue weighted by molar-refractivity contribution is 5.89. The van der Waals surface area contributed by atoms with Crippen molar-refractivity contribution in [3.63, 3.8) is 0 Å². The summed E-state index contributed by atoms with van der Waals surface area (Å²) >= 11 is 0. The summed E-state index contributed by atoms with van der Waals surface area (Å²) in [5.74, 6) is -2.49. The second kappa shape index (κ2) is 4.77. The third kappa shape index (κ3) is 3.57. The molecule has 84 valence electrons. The molecular formula is C9H14N2O4. The Morgan fingerprint density at radius 2 is 2.00 bits per heavy atom. The van der Waals surface area contributed by atoms with Crippen LogP contribution in [-0.4, -0.2) is 29.4 Å². The first-order valence-electron chi connectivity index (χ1n) is 4.81. The van der Waals surface area contributed by atoms with Gasteiger partial charge in [-0.1, -0.05) is 0 Å². The average Bonchev–Trinajstić information content (AvgIpc) is 2.90. The number of carbonyl (C=O) groups is 3. The van der Waals surface area contributed by atoms with Crippen molar-refractivity contribution in [1.82, 2.24) is 5.32 Å². The van der Waals surface area contributed by atoms with Crippen LogP contribution < -0.4 is 11.1 Å². The van der Waals surface area contributed by atoms with Gasteiger partial charge in [0.2, 0.25) is 11.8 Å². The summed E-state index contributed by atoms with van der Waals surface area (Å²) in [6.07, 6.45) is 1.13. The molecule has 2 amide bonds. The van der Waals surface area contributed by atoms with Crippen molar-refractivity contribution in [3.05, 3.63) is 0 Å². The fourth-order valence-electron chi connectivity index (χ4n) is 1.36. The monoisotopic (exact) mass is 214 g/mol. The quantitative estimate of drug-likeness (QED) is 0.497. The van der Waals surface area contributed by atoms with E-state index in [4.69, 9.17) is 10.8 Å². The van der Waals surface area contributed by atoms with E-state index >= 15 is 0 Å². The lowest BCUT2D eigenvalue weighted by Crippen LogP contribution is -2.28. The number of amides is 2. The summed E-state index contributed by atoms with van der Waals surface area (Å²) in [5, 5.41) is 11.2. The fourth-order valence-corrected chi connectivity index (χ4v) is 1.36. The summed E-state index contributed by atoms with van der Waals surface area (Å²) in [6.45, 7) is 0.366. The van der Waals surface area contributed by atoms with E-state index in [1.807, 2.05) is 0 Å². The lowest BCUT2D eigenvalue weighted by molar-refractivity contribution is -0.140. The Bertz CT molecular complexity index is 290. The molecule has 0 aromatic carbocycles. The molecule has 1 fully saturated rings. The van der Waals surface area contributed by atoms with Gasteiger partial charge < -0.3 is 16.2 Å². The number of primary amides is 1. The van der Waals surface area contributed by atoms with Crippen LogP contribution in [0, 0.1) is 11.8 Å². The minimum atomic E-state index is -0.924. The Labute approximate surface area is 86.8 Å². The van der Waals surface area contributed by atoms with Crippen molar-refractivity contribution in [2.24, 2.45) is 17.6 Å². The molecule has 0 unspecified atom stereocenters. The molecule has 0 heterocycles. The van der Waals surface area contributed by atoms with E-state index in [2.05, 4.69) is 5.32 Å². The van der Waals surface area contributed by atoms with E-state index in [1.54, 1.807) is 0 Å². The van der Waals surface area contributed by atoms with Crippen LogP contribution >= 0.6 is 0 Å². The highest BCUT2D eigenvalue weighted by Gasteiger charge is 2.48. The van der Waals surface area contributed by atoms with E-state index < -0.39 is 23.7 Å². The van der Waals surface area contributed by atoms with Gasteiger partial charge in [-0.2, -0.15) is 0 Å². The number of carboxylic acid groups (broad SMARTS) is 1. The summed E-state index contributed by atoms with van der Waals surface area (Å²) in [4.78, 5) is 32.1. The highest BCUT2D eigenvalue weighted by atomic mass is 16.4. The maximum absolute atomic E-state index is 11.3. The van der Waals surface area contributed by atoms with E-state index in [-0.39, 0.29) is 12.3 Å². The van der Waals surface area contributed by atoms with Crippen LogP contribution in [0.4, 0.5) is 0 Å². The predicted molar refractivity (Wildman–Crippen MR) is 50.7 cm³/mol. The zero-order valence-electron chi connectivity index (χ0n) is 8.23. The van der Waals surface area contributed by atoms with Crippen molar-refractivity contribution >= 4 is 17.8 Å². The molecule has 0 aliphatic heterocycles. The number of aliphatic carboxylic acids is 1. The maximum atomic E-state index is 11.3. The molecule has 1 aliphatic carbocycles. The molecule has 0 aromatic rings. The van der Waals surface area contributed by atoms with E-state index in [9.17, 15) is 14.4 Å². The third-order valence-electron chi connectivity index (χ3n) is 2.34. The van der Waals surface area contributed by atoms with Crippen molar-refractivity contribution in [2.75, 3.05) is 6.54 Å². The topological polar surface area (TPSA) is 109 Å². The molecular weight excluding hydrogens is 200 g/mol. The van der Waals surface area contributed by atoms with Crippen molar-refractivity contribution in [1.29, 1.82) is 0 Å². The Kier molecular flexibility index (Phi) is 3.65. The third-order valence-corrected chi connectivity index (χ3v) is 2.34. The van der Waals surface area contributed by atoms with Gasteiger partial charge in [-0.3, -0.25) is 14.4 Å². The van der Waals surface area contributed by atoms with E-state index in [0.717, 1.165) is 0 Å². The van der Waals surface area contributed by atoms with Gasteiger partial charge in [-0.15, -0.1) is 0 Å². The number of carbonyl (C=O) groups excluding carboxylic acids is 2. The molecule has 0 radical (unpaired) electrons. The van der Waals surface area contributed by atoms with Crippen LogP contribution in [0.1, 0.15) is 19.3 Å². The van der Waals surface area contributed by atoms with Crippen LogP contribution in [0.5, 0.6) is 0 Å². The second-order valence-electron chi connectivity index (χ2n) is 3.65.